The minimum atomic E-state index is -0.897. The van der Waals surface area contributed by atoms with Gasteiger partial charge in [-0.15, -0.1) is 0 Å². The number of aromatic nitrogens is 2. The van der Waals surface area contributed by atoms with E-state index < -0.39 is 12.0 Å². The van der Waals surface area contributed by atoms with Crippen LogP contribution in [0.4, 0.5) is 16.5 Å². The van der Waals surface area contributed by atoms with Crippen molar-refractivity contribution >= 4 is 45.6 Å². The van der Waals surface area contributed by atoms with E-state index in [1.165, 1.54) is 4.90 Å². The average Bonchev–Trinajstić information content (AvgIpc) is 3.32. The first-order valence-corrected chi connectivity index (χ1v) is 12.6. The number of benzene rings is 2. The van der Waals surface area contributed by atoms with Crippen molar-refractivity contribution in [3.05, 3.63) is 83.1 Å². The highest BCUT2D eigenvalue weighted by molar-refractivity contribution is 7.18. The summed E-state index contributed by atoms with van der Waals surface area (Å²) in [5, 5.41) is 3.03. The van der Waals surface area contributed by atoms with E-state index in [2.05, 4.69) is 15.3 Å². The Morgan fingerprint density at radius 1 is 1.10 bits per heavy atom. The van der Waals surface area contributed by atoms with Crippen molar-refractivity contribution in [2.24, 2.45) is 5.73 Å². The van der Waals surface area contributed by atoms with Crippen LogP contribution in [0.3, 0.4) is 0 Å². The Morgan fingerprint density at radius 2 is 1.90 bits per heavy atom. The summed E-state index contributed by atoms with van der Waals surface area (Å²) >= 11 is 1.06. The number of thiazole rings is 1. The summed E-state index contributed by atoms with van der Waals surface area (Å²) in [6.07, 6.45) is 2.26. The Kier molecular flexibility index (Phi) is 7.10. The molecule has 2 aromatic carbocycles. The van der Waals surface area contributed by atoms with E-state index in [0.29, 0.717) is 44.8 Å². The molecule has 0 saturated heterocycles. The maximum absolute atomic E-state index is 13.9. The van der Waals surface area contributed by atoms with Crippen molar-refractivity contribution < 1.29 is 28.6 Å². The van der Waals surface area contributed by atoms with Crippen LogP contribution in [0.2, 0.25) is 0 Å². The third-order valence-corrected chi connectivity index (χ3v) is 6.89. The number of anilines is 3. The second-order valence-corrected chi connectivity index (χ2v) is 9.42. The van der Waals surface area contributed by atoms with Gasteiger partial charge in [-0.2, -0.15) is 0 Å². The van der Waals surface area contributed by atoms with E-state index >= 15 is 0 Å². The Morgan fingerprint density at radius 3 is 2.59 bits per heavy atom. The molecule has 3 heterocycles. The maximum atomic E-state index is 13.9. The highest BCUT2D eigenvalue weighted by Crippen LogP contribution is 2.39. The number of primary amides is 1. The molecule has 0 radical (unpaired) electrons. The smallest absolute Gasteiger partial charge is 0.274 e. The molecule has 1 unspecified atom stereocenters. The third-order valence-electron chi connectivity index (χ3n) is 5.83. The van der Waals surface area contributed by atoms with Gasteiger partial charge in [-0.05, 0) is 55.5 Å². The number of methoxy groups -OCH3 is 1. The molecule has 39 heavy (non-hydrogen) atoms. The number of pyridine rings is 1. The summed E-state index contributed by atoms with van der Waals surface area (Å²) in [6, 6.07) is 15.0. The lowest BCUT2D eigenvalue weighted by Crippen LogP contribution is -2.40. The lowest BCUT2D eigenvalue weighted by Gasteiger charge is -2.27. The predicted molar refractivity (Wildman–Crippen MR) is 144 cm³/mol. The number of ether oxygens (including phenoxy) is 3. The summed E-state index contributed by atoms with van der Waals surface area (Å²) in [7, 11) is 1.55. The van der Waals surface area contributed by atoms with Crippen molar-refractivity contribution in [3.63, 3.8) is 0 Å². The van der Waals surface area contributed by atoms with Gasteiger partial charge in [0.05, 0.1) is 30.4 Å². The third kappa shape index (κ3) is 5.36. The molecule has 0 saturated carbocycles. The Labute approximate surface area is 227 Å². The molecule has 4 aromatic rings. The Balaban J connectivity index is 1.44. The van der Waals surface area contributed by atoms with E-state index in [0.717, 1.165) is 11.3 Å². The van der Waals surface area contributed by atoms with E-state index in [1.807, 2.05) is 0 Å². The molecule has 0 fully saturated rings. The summed E-state index contributed by atoms with van der Waals surface area (Å²) < 4.78 is 16.4. The molecule has 3 N–H and O–H groups in total. The molecule has 12 heteroatoms. The highest BCUT2D eigenvalue weighted by Gasteiger charge is 2.29. The first kappa shape index (κ1) is 25.7. The van der Waals surface area contributed by atoms with Gasteiger partial charge in [-0.1, -0.05) is 11.3 Å². The fourth-order valence-electron chi connectivity index (χ4n) is 3.87. The lowest BCUT2D eigenvalue weighted by molar-refractivity contribution is -0.127. The number of nitrogens with two attached hydrogens (primary N) is 1. The molecule has 0 bridgehead atoms. The molecular weight excluding hydrogens is 522 g/mol. The monoisotopic (exact) mass is 545 g/mol. The Hall–Kier alpha value is -4.97. The summed E-state index contributed by atoms with van der Waals surface area (Å²) in [6.45, 7) is 1.65. The zero-order chi connectivity index (χ0) is 27.5. The predicted octanol–water partition coefficient (Wildman–Crippen LogP) is 3.71. The molecule has 0 spiro atoms. The molecule has 11 nitrogen and oxygen atoms in total. The van der Waals surface area contributed by atoms with Crippen LogP contribution in [0, 0.1) is 6.92 Å². The standard InChI is InChI=1S/C27H23N5O6S/c1-15-23(39-27(30-15)31-25(34)16-5-8-19(36-2)9-6-16)26(35)32(18-4-3-11-29-13-18)17-7-10-20-21(12-17)37-14-22(38-20)24(28)33/h3-13,22H,14H2,1-2H3,(H2,28,33)(H,30,31,34). The number of rotatable bonds is 7. The van der Waals surface area contributed by atoms with Gasteiger partial charge in [0.25, 0.3) is 17.7 Å². The zero-order valence-corrected chi connectivity index (χ0v) is 21.7. The van der Waals surface area contributed by atoms with Crippen molar-refractivity contribution in [3.8, 4) is 17.2 Å². The van der Waals surface area contributed by atoms with Gasteiger partial charge in [-0.3, -0.25) is 29.6 Å². The number of hydrogen-bond donors (Lipinski definition) is 2. The fourth-order valence-corrected chi connectivity index (χ4v) is 4.76. The van der Waals surface area contributed by atoms with Crippen LogP contribution in [-0.4, -0.2) is 47.5 Å². The minimum absolute atomic E-state index is 0.0438. The molecule has 3 amide bonds. The number of nitrogens with one attached hydrogen (secondary N) is 1. The van der Waals surface area contributed by atoms with Crippen LogP contribution in [0.5, 0.6) is 17.2 Å². The van der Waals surface area contributed by atoms with Crippen LogP contribution in [0.15, 0.2) is 67.0 Å². The van der Waals surface area contributed by atoms with Crippen LogP contribution in [0.1, 0.15) is 25.7 Å². The number of carbonyl (C=O) groups excluding carboxylic acids is 3. The zero-order valence-electron chi connectivity index (χ0n) is 20.9. The number of hydrogen-bond acceptors (Lipinski definition) is 9. The van der Waals surface area contributed by atoms with Gasteiger partial charge >= 0.3 is 0 Å². The number of carbonyl (C=O) groups is 3. The van der Waals surface area contributed by atoms with Crippen molar-refractivity contribution in [2.45, 2.75) is 13.0 Å². The molecule has 1 aliphatic rings. The lowest BCUT2D eigenvalue weighted by atomic mass is 10.2. The highest BCUT2D eigenvalue weighted by atomic mass is 32.1. The van der Waals surface area contributed by atoms with Crippen LogP contribution in [0.25, 0.3) is 0 Å². The molecule has 1 aliphatic heterocycles. The largest absolute Gasteiger partial charge is 0.497 e. The van der Waals surface area contributed by atoms with Gasteiger partial charge in [0.1, 0.15) is 17.2 Å². The van der Waals surface area contributed by atoms with Crippen LogP contribution >= 0.6 is 11.3 Å². The number of nitrogens with zero attached hydrogens (tertiary/aromatic N) is 3. The van der Waals surface area contributed by atoms with Crippen molar-refractivity contribution in [2.75, 3.05) is 23.9 Å². The normalized spacial score (nSPS) is 13.8. The summed E-state index contributed by atoms with van der Waals surface area (Å²) in [5.41, 5.74) is 7.19. The fraction of sp³-hybridized carbons (Fsp3) is 0.148. The van der Waals surface area contributed by atoms with Gasteiger partial charge in [-0.25, -0.2) is 4.98 Å². The summed E-state index contributed by atoms with van der Waals surface area (Å²) in [4.78, 5) is 48.5. The Bertz CT molecular complexity index is 1540. The van der Waals surface area contributed by atoms with E-state index in [1.54, 1.807) is 81.0 Å². The number of amides is 3. The molecule has 1 atom stereocenters. The quantitative estimate of drug-likeness (QED) is 0.357. The van der Waals surface area contributed by atoms with Gasteiger partial charge in [0, 0.05) is 17.8 Å². The maximum Gasteiger partial charge on any atom is 0.274 e. The molecule has 5 rings (SSSR count). The topological polar surface area (TPSA) is 146 Å². The van der Waals surface area contributed by atoms with E-state index in [-0.39, 0.29) is 23.6 Å². The van der Waals surface area contributed by atoms with Gasteiger partial charge < -0.3 is 19.9 Å². The first-order valence-electron chi connectivity index (χ1n) is 11.7. The molecule has 2 aromatic heterocycles. The average molecular weight is 546 g/mol. The van der Waals surface area contributed by atoms with Crippen molar-refractivity contribution in [1.29, 1.82) is 0 Å². The number of aryl methyl sites for hydroxylation is 1. The molecular formula is C27H23N5O6S. The van der Waals surface area contributed by atoms with Crippen LogP contribution < -0.4 is 30.2 Å². The SMILES string of the molecule is COc1ccc(C(=O)Nc2nc(C)c(C(=O)N(c3cccnc3)c3ccc4c(c3)OCC(C(N)=O)O4)s2)cc1. The van der Waals surface area contributed by atoms with E-state index in [9.17, 15) is 14.4 Å². The minimum Gasteiger partial charge on any atom is -0.497 e. The second-order valence-electron chi connectivity index (χ2n) is 8.42. The number of fused-ring (bicyclic) bond motifs is 1. The first-order chi connectivity index (χ1) is 18.8. The van der Waals surface area contributed by atoms with Gasteiger partial charge in [0.15, 0.2) is 16.6 Å². The van der Waals surface area contributed by atoms with Crippen LogP contribution in [-0.2, 0) is 4.79 Å². The molecule has 0 aliphatic carbocycles. The molecule has 198 valence electrons. The second kappa shape index (κ2) is 10.8. The van der Waals surface area contributed by atoms with E-state index in [4.69, 9.17) is 19.9 Å². The summed E-state index contributed by atoms with van der Waals surface area (Å²) in [5.74, 6) is -0.0467. The van der Waals surface area contributed by atoms with Crippen molar-refractivity contribution in [1.82, 2.24) is 9.97 Å². The van der Waals surface area contributed by atoms with Gasteiger partial charge in [0.2, 0.25) is 6.10 Å².